The monoisotopic (exact) mass is 168 g/mol. The quantitative estimate of drug-likeness (QED) is 0.648. The van der Waals surface area contributed by atoms with Crippen molar-refractivity contribution < 1.29 is 0 Å². The van der Waals surface area contributed by atoms with Crippen LogP contribution in [0.5, 0.6) is 0 Å². The first kappa shape index (κ1) is 8.52. The van der Waals surface area contributed by atoms with Gasteiger partial charge in [0.15, 0.2) is 0 Å². The standard InChI is InChI=1S/C10H20N2/c11-10-7-12-5-4-9(10)6-8-2-1-3-8/h8-10,12H,1-7,11H2/t9-,10+/m0/s1. The number of nitrogens with one attached hydrogen (secondary N) is 1. The molecule has 1 aliphatic carbocycles. The average molecular weight is 168 g/mol. The van der Waals surface area contributed by atoms with Gasteiger partial charge in [0, 0.05) is 12.6 Å². The van der Waals surface area contributed by atoms with E-state index in [9.17, 15) is 0 Å². The average Bonchev–Trinajstić information content (AvgIpc) is 2.00. The highest BCUT2D eigenvalue weighted by Gasteiger charge is 2.27. The van der Waals surface area contributed by atoms with Crippen LogP contribution in [0.3, 0.4) is 0 Å². The molecular formula is C10H20N2. The summed E-state index contributed by atoms with van der Waals surface area (Å²) in [6.07, 6.45) is 7.11. The molecule has 12 heavy (non-hydrogen) atoms. The summed E-state index contributed by atoms with van der Waals surface area (Å²) >= 11 is 0. The van der Waals surface area contributed by atoms with Crippen molar-refractivity contribution in [3.63, 3.8) is 0 Å². The maximum atomic E-state index is 6.04. The van der Waals surface area contributed by atoms with Crippen LogP contribution in [0.15, 0.2) is 0 Å². The summed E-state index contributed by atoms with van der Waals surface area (Å²) in [5, 5.41) is 3.35. The van der Waals surface area contributed by atoms with E-state index in [2.05, 4.69) is 5.32 Å². The van der Waals surface area contributed by atoms with Gasteiger partial charge in [-0.25, -0.2) is 0 Å². The lowest BCUT2D eigenvalue weighted by molar-refractivity contribution is 0.203. The fourth-order valence-corrected chi connectivity index (χ4v) is 2.39. The zero-order valence-corrected chi connectivity index (χ0v) is 7.76. The molecule has 2 fully saturated rings. The predicted octanol–water partition coefficient (Wildman–Crippen LogP) is 1.11. The molecule has 2 atom stereocenters. The van der Waals surface area contributed by atoms with Gasteiger partial charge < -0.3 is 11.1 Å². The van der Waals surface area contributed by atoms with Gasteiger partial charge >= 0.3 is 0 Å². The lowest BCUT2D eigenvalue weighted by Crippen LogP contribution is -2.46. The lowest BCUT2D eigenvalue weighted by atomic mass is 9.75. The van der Waals surface area contributed by atoms with Gasteiger partial charge in [-0.05, 0) is 31.2 Å². The van der Waals surface area contributed by atoms with E-state index in [1.54, 1.807) is 0 Å². The summed E-state index contributed by atoms with van der Waals surface area (Å²) in [5.41, 5.74) is 6.04. The molecule has 1 aliphatic heterocycles. The van der Waals surface area contributed by atoms with Crippen LogP contribution in [0.25, 0.3) is 0 Å². The van der Waals surface area contributed by atoms with Crippen molar-refractivity contribution in [2.24, 2.45) is 17.6 Å². The normalized spacial score (nSPS) is 37.8. The highest BCUT2D eigenvalue weighted by atomic mass is 14.9. The Morgan fingerprint density at radius 1 is 1.25 bits per heavy atom. The van der Waals surface area contributed by atoms with Crippen molar-refractivity contribution in [2.45, 2.75) is 38.1 Å². The Morgan fingerprint density at radius 2 is 2.08 bits per heavy atom. The SMILES string of the molecule is N[C@@H]1CNCC[C@H]1CC1CCC1. The van der Waals surface area contributed by atoms with Crippen LogP contribution in [-0.4, -0.2) is 19.1 Å². The molecule has 0 bridgehead atoms. The molecular weight excluding hydrogens is 148 g/mol. The molecule has 0 radical (unpaired) electrons. The van der Waals surface area contributed by atoms with Crippen LogP contribution in [0.2, 0.25) is 0 Å². The number of hydrogen-bond acceptors (Lipinski definition) is 2. The van der Waals surface area contributed by atoms with Gasteiger partial charge in [0.1, 0.15) is 0 Å². The summed E-state index contributed by atoms with van der Waals surface area (Å²) in [6.45, 7) is 2.22. The van der Waals surface area contributed by atoms with Crippen molar-refractivity contribution in [2.75, 3.05) is 13.1 Å². The topological polar surface area (TPSA) is 38.0 Å². The molecule has 3 N–H and O–H groups in total. The fraction of sp³-hybridized carbons (Fsp3) is 1.00. The third-order valence-corrected chi connectivity index (χ3v) is 3.54. The van der Waals surface area contributed by atoms with Gasteiger partial charge in [-0.1, -0.05) is 19.3 Å². The first-order chi connectivity index (χ1) is 5.86. The molecule has 1 saturated heterocycles. The number of hydrogen-bond donors (Lipinski definition) is 2. The highest BCUT2D eigenvalue weighted by molar-refractivity contribution is 4.84. The van der Waals surface area contributed by atoms with E-state index in [1.165, 1.54) is 38.6 Å². The molecule has 1 heterocycles. The molecule has 0 unspecified atom stereocenters. The Bertz CT molecular complexity index is 143. The summed E-state index contributed by atoms with van der Waals surface area (Å²) < 4.78 is 0. The molecule has 0 amide bonds. The molecule has 0 aromatic heterocycles. The molecule has 2 heteroatoms. The minimum atomic E-state index is 0.430. The molecule has 2 aliphatic rings. The van der Waals surface area contributed by atoms with E-state index in [1.807, 2.05) is 0 Å². The molecule has 0 spiro atoms. The second kappa shape index (κ2) is 3.75. The van der Waals surface area contributed by atoms with Crippen LogP contribution in [0.1, 0.15) is 32.1 Å². The zero-order valence-electron chi connectivity index (χ0n) is 7.76. The maximum absolute atomic E-state index is 6.04. The van der Waals surface area contributed by atoms with Gasteiger partial charge in [0.25, 0.3) is 0 Å². The third kappa shape index (κ3) is 1.80. The van der Waals surface area contributed by atoms with Crippen molar-refractivity contribution in [3.8, 4) is 0 Å². The van der Waals surface area contributed by atoms with Crippen molar-refractivity contribution in [1.29, 1.82) is 0 Å². The summed E-state index contributed by atoms with van der Waals surface area (Å²) in [4.78, 5) is 0. The Kier molecular flexibility index (Phi) is 2.66. The minimum absolute atomic E-state index is 0.430. The molecule has 70 valence electrons. The van der Waals surface area contributed by atoms with Crippen LogP contribution in [-0.2, 0) is 0 Å². The predicted molar refractivity (Wildman–Crippen MR) is 50.9 cm³/mol. The Morgan fingerprint density at radius 3 is 2.67 bits per heavy atom. The van der Waals surface area contributed by atoms with E-state index in [0.717, 1.165) is 18.4 Å². The van der Waals surface area contributed by atoms with Crippen molar-refractivity contribution in [1.82, 2.24) is 5.32 Å². The first-order valence-corrected chi connectivity index (χ1v) is 5.32. The zero-order chi connectivity index (χ0) is 8.39. The number of nitrogens with two attached hydrogens (primary N) is 1. The molecule has 2 rings (SSSR count). The van der Waals surface area contributed by atoms with Crippen molar-refractivity contribution >= 4 is 0 Å². The van der Waals surface area contributed by atoms with Gasteiger partial charge in [-0.15, -0.1) is 0 Å². The van der Waals surface area contributed by atoms with Gasteiger partial charge in [0.05, 0.1) is 0 Å². The van der Waals surface area contributed by atoms with E-state index in [0.29, 0.717) is 6.04 Å². The first-order valence-electron chi connectivity index (χ1n) is 5.32. The van der Waals surface area contributed by atoms with E-state index >= 15 is 0 Å². The van der Waals surface area contributed by atoms with Gasteiger partial charge in [-0.2, -0.15) is 0 Å². The second-order valence-electron chi connectivity index (χ2n) is 4.45. The van der Waals surface area contributed by atoms with Crippen LogP contribution < -0.4 is 11.1 Å². The molecule has 1 saturated carbocycles. The van der Waals surface area contributed by atoms with E-state index < -0.39 is 0 Å². The van der Waals surface area contributed by atoms with E-state index in [-0.39, 0.29) is 0 Å². The summed E-state index contributed by atoms with van der Waals surface area (Å²) in [5.74, 6) is 1.84. The van der Waals surface area contributed by atoms with Crippen LogP contribution in [0, 0.1) is 11.8 Å². The molecule has 0 aromatic carbocycles. The largest absolute Gasteiger partial charge is 0.326 e. The fourth-order valence-electron chi connectivity index (χ4n) is 2.39. The number of piperidine rings is 1. The molecule has 2 nitrogen and oxygen atoms in total. The Labute approximate surface area is 74.9 Å². The molecule has 0 aromatic rings. The lowest BCUT2D eigenvalue weighted by Gasteiger charge is -2.35. The highest BCUT2D eigenvalue weighted by Crippen LogP contribution is 2.34. The van der Waals surface area contributed by atoms with Gasteiger partial charge in [-0.3, -0.25) is 0 Å². The second-order valence-corrected chi connectivity index (χ2v) is 4.45. The maximum Gasteiger partial charge on any atom is 0.0194 e. The number of rotatable bonds is 2. The summed E-state index contributed by atoms with van der Waals surface area (Å²) in [7, 11) is 0. The van der Waals surface area contributed by atoms with Crippen LogP contribution >= 0.6 is 0 Å². The van der Waals surface area contributed by atoms with Crippen LogP contribution in [0.4, 0.5) is 0 Å². The Hall–Kier alpha value is -0.0800. The van der Waals surface area contributed by atoms with Gasteiger partial charge in [0.2, 0.25) is 0 Å². The summed E-state index contributed by atoms with van der Waals surface area (Å²) in [6, 6.07) is 0.430. The smallest absolute Gasteiger partial charge is 0.0194 e. The van der Waals surface area contributed by atoms with Crippen molar-refractivity contribution in [3.05, 3.63) is 0 Å². The minimum Gasteiger partial charge on any atom is -0.326 e. The Balaban J connectivity index is 1.76. The van der Waals surface area contributed by atoms with E-state index in [4.69, 9.17) is 5.73 Å². The third-order valence-electron chi connectivity index (χ3n) is 3.54.